The molecular weight excluding hydrogens is 364 g/mol. The van der Waals surface area contributed by atoms with Gasteiger partial charge in [0.05, 0.1) is 18.0 Å². The molecule has 1 fully saturated rings. The third-order valence-electron chi connectivity index (χ3n) is 5.24. The number of thioether (sulfide) groups is 1. The van der Waals surface area contributed by atoms with Gasteiger partial charge in [-0.3, -0.25) is 4.79 Å². The van der Waals surface area contributed by atoms with Gasteiger partial charge in [0.15, 0.2) is 0 Å². The molecule has 1 rings (SSSR count). The fraction of sp³-hybridized carbons (Fsp3) is 0.762. The van der Waals surface area contributed by atoms with E-state index in [1.807, 2.05) is 19.1 Å². The molecule has 4 N–H and O–H groups in total. The molecule has 0 radical (unpaired) electrons. The molecule has 1 unspecified atom stereocenters. The highest BCUT2D eigenvalue weighted by molar-refractivity contribution is 7.99. The zero-order valence-electron chi connectivity index (χ0n) is 16.2. The largest absolute Gasteiger partial charge is 0.481 e. The molecule has 1 aliphatic rings. The summed E-state index contributed by atoms with van der Waals surface area (Å²) in [7, 11) is 0. The summed E-state index contributed by atoms with van der Waals surface area (Å²) < 4.78 is 0. The number of rotatable bonds is 13. The maximum absolute atomic E-state index is 10.5. The first-order valence-corrected chi connectivity index (χ1v) is 11.0. The molecule has 0 aromatic rings. The molecule has 154 valence electrons. The van der Waals surface area contributed by atoms with Gasteiger partial charge in [0, 0.05) is 18.8 Å². The monoisotopic (exact) mass is 398 g/mol. The summed E-state index contributed by atoms with van der Waals surface area (Å²) >= 11 is 1.40. The average Bonchev–Trinajstić information content (AvgIpc) is 2.89. The Balaban J connectivity index is 2.50. The molecule has 0 aromatic carbocycles. The van der Waals surface area contributed by atoms with Gasteiger partial charge in [0.2, 0.25) is 0 Å². The fourth-order valence-corrected chi connectivity index (χ4v) is 4.37. The second-order valence-corrected chi connectivity index (χ2v) is 8.57. The molecule has 1 aliphatic carbocycles. The number of hydrogen-bond acceptors (Lipinski definition) is 5. The van der Waals surface area contributed by atoms with Crippen molar-refractivity contribution in [2.45, 2.75) is 76.1 Å². The van der Waals surface area contributed by atoms with Gasteiger partial charge < -0.3 is 20.4 Å². The van der Waals surface area contributed by atoms with Gasteiger partial charge in [0.1, 0.15) is 5.60 Å². The van der Waals surface area contributed by atoms with Crippen LogP contribution < -0.4 is 0 Å². The van der Waals surface area contributed by atoms with Crippen molar-refractivity contribution < 1.29 is 25.2 Å². The summed E-state index contributed by atoms with van der Waals surface area (Å²) in [5.74, 6) is 2.42. The normalized spacial score (nSPS) is 27.5. The molecule has 0 spiro atoms. The van der Waals surface area contributed by atoms with Gasteiger partial charge in [-0.15, -0.1) is 6.42 Å². The molecule has 0 amide bonds. The summed E-state index contributed by atoms with van der Waals surface area (Å²) in [6.45, 7) is 2.05. The van der Waals surface area contributed by atoms with Crippen LogP contribution in [0.5, 0.6) is 0 Å². The summed E-state index contributed by atoms with van der Waals surface area (Å²) in [5, 5.41) is 39.6. The van der Waals surface area contributed by atoms with E-state index < -0.39 is 23.8 Å². The maximum Gasteiger partial charge on any atom is 0.313 e. The number of aliphatic carboxylic acids is 1. The Hall–Kier alpha value is -1.00. The zero-order chi connectivity index (χ0) is 20.3. The highest BCUT2D eigenvalue weighted by Gasteiger charge is 2.39. The number of carboxylic acid groups (broad SMARTS) is 1. The molecule has 0 aliphatic heterocycles. The Morgan fingerprint density at radius 1 is 1.30 bits per heavy atom. The lowest BCUT2D eigenvalue weighted by molar-refractivity contribution is -0.133. The number of terminal acetylenes is 1. The second-order valence-electron chi connectivity index (χ2n) is 7.47. The Bertz CT molecular complexity index is 515. The van der Waals surface area contributed by atoms with Crippen molar-refractivity contribution in [1.82, 2.24) is 0 Å². The molecule has 5 nitrogen and oxygen atoms in total. The van der Waals surface area contributed by atoms with Gasteiger partial charge in [0.25, 0.3) is 0 Å². The molecule has 0 bridgehead atoms. The third-order valence-corrected chi connectivity index (χ3v) is 6.27. The van der Waals surface area contributed by atoms with Crippen LogP contribution in [0.1, 0.15) is 58.3 Å². The lowest BCUT2D eigenvalue weighted by atomic mass is 9.87. The van der Waals surface area contributed by atoms with Gasteiger partial charge >= 0.3 is 5.97 Å². The van der Waals surface area contributed by atoms with E-state index in [1.54, 1.807) is 0 Å². The van der Waals surface area contributed by atoms with E-state index in [4.69, 9.17) is 11.5 Å². The van der Waals surface area contributed by atoms with E-state index in [0.29, 0.717) is 19.3 Å². The molecule has 0 heterocycles. The minimum Gasteiger partial charge on any atom is -0.481 e. The Morgan fingerprint density at radius 3 is 2.67 bits per heavy atom. The lowest BCUT2D eigenvalue weighted by Crippen LogP contribution is -2.26. The molecule has 0 aromatic heterocycles. The maximum atomic E-state index is 10.5. The van der Waals surface area contributed by atoms with Crippen LogP contribution in [0.2, 0.25) is 0 Å². The number of aliphatic hydroxyl groups excluding tert-OH is 2. The van der Waals surface area contributed by atoms with Crippen molar-refractivity contribution in [2.75, 3.05) is 11.5 Å². The summed E-state index contributed by atoms with van der Waals surface area (Å²) in [5.41, 5.74) is -1.15. The van der Waals surface area contributed by atoms with Crippen LogP contribution in [0.25, 0.3) is 0 Å². The van der Waals surface area contributed by atoms with Gasteiger partial charge in [-0.1, -0.05) is 37.8 Å². The molecule has 6 heteroatoms. The topological polar surface area (TPSA) is 98.0 Å². The number of unbranched alkanes of at least 4 members (excludes halogenated alkanes) is 2. The zero-order valence-corrected chi connectivity index (χ0v) is 17.0. The van der Waals surface area contributed by atoms with E-state index in [2.05, 4.69) is 5.92 Å². The van der Waals surface area contributed by atoms with E-state index in [0.717, 1.165) is 37.9 Å². The first kappa shape index (κ1) is 24.0. The average molecular weight is 399 g/mol. The Labute approximate surface area is 167 Å². The SMILES string of the molecule is C#CC(O)(CC=C[C@@H]1[C@@H](CCCCSCC(=O)O)[C@H](O)C[C@H]1O)CCCC. The molecular formula is C21H34O5S. The van der Waals surface area contributed by atoms with E-state index >= 15 is 0 Å². The standard InChI is InChI=1S/C21H34O5S/c1-3-5-11-21(26,4-2)12-8-10-17-16(18(22)14-19(17)23)9-6-7-13-27-15-20(24)25/h2,8,10,16-19,22-23,26H,3,5-7,9,11-15H2,1H3,(H,24,25)/t16-,17-,18-,19-,21?/m1/s1. The molecule has 27 heavy (non-hydrogen) atoms. The van der Waals surface area contributed by atoms with Crippen molar-refractivity contribution in [3.8, 4) is 12.3 Å². The number of carbonyl (C=O) groups is 1. The minimum absolute atomic E-state index is 0.0182. The van der Waals surface area contributed by atoms with E-state index in [9.17, 15) is 20.1 Å². The lowest BCUT2D eigenvalue weighted by Gasteiger charge is -2.22. The summed E-state index contributed by atoms with van der Waals surface area (Å²) in [4.78, 5) is 10.5. The van der Waals surface area contributed by atoms with Crippen molar-refractivity contribution in [2.24, 2.45) is 11.8 Å². The quantitative estimate of drug-likeness (QED) is 0.216. The summed E-state index contributed by atoms with van der Waals surface area (Å²) in [6, 6.07) is 0. The molecule has 0 saturated heterocycles. The van der Waals surface area contributed by atoms with Crippen LogP contribution in [0.15, 0.2) is 12.2 Å². The smallest absolute Gasteiger partial charge is 0.313 e. The highest BCUT2D eigenvalue weighted by atomic mass is 32.2. The summed E-state index contributed by atoms with van der Waals surface area (Å²) in [6.07, 6.45) is 13.8. The fourth-order valence-electron chi connectivity index (χ4n) is 3.64. The molecule has 5 atom stereocenters. The van der Waals surface area contributed by atoms with Crippen molar-refractivity contribution >= 4 is 17.7 Å². The van der Waals surface area contributed by atoms with Gasteiger partial charge in [-0.2, -0.15) is 11.8 Å². The van der Waals surface area contributed by atoms with Gasteiger partial charge in [-0.25, -0.2) is 0 Å². The van der Waals surface area contributed by atoms with Crippen molar-refractivity contribution in [3.63, 3.8) is 0 Å². The van der Waals surface area contributed by atoms with Crippen LogP contribution in [0.4, 0.5) is 0 Å². The predicted octanol–water partition coefficient (Wildman–Crippen LogP) is 2.83. The number of hydrogen-bond donors (Lipinski definition) is 4. The highest BCUT2D eigenvalue weighted by Crippen LogP contribution is 2.37. The van der Waals surface area contributed by atoms with Crippen molar-refractivity contribution in [3.05, 3.63) is 12.2 Å². The van der Waals surface area contributed by atoms with Crippen LogP contribution >= 0.6 is 11.8 Å². The number of carboxylic acids is 1. The Kier molecular flexibility index (Phi) is 11.1. The first-order chi connectivity index (χ1) is 12.8. The third kappa shape index (κ3) is 8.69. The number of aliphatic hydroxyl groups is 3. The minimum atomic E-state index is -1.15. The van der Waals surface area contributed by atoms with Crippen LogP contribution in [0, 0.1) is 24.2 Å². The van der Waals surface area contributed by atoms with Crippen LogP contribution in [-0.4, -0.2) is 55.7 Å². The van der Waals surface area contributed by atoms with Crippen LogP contribution in [-0.2, 0) is 4.79 Å². The van der Waals surface area contributed by atoms with Crippen molar-refractivity contribution in [1.29, 1.82) is 0 Å². The van der Waals surface area contributed by atoms with Gasteiger partial charge in [-0.05, 0) is 37.4 Å². The molecule has 1 saturated carbocycles. The first-order valence-electron chi connectivity index (χ1n) is 9.85. The predicted molar refractivity (Wildman–Crippen MR) is 109 cm³/mol. The van der Waals surface area contributed by atoms with E-state index in [1.165, 1.54) is 11.8 Å². The second kappa shape index (κ2) is 12.5. The van der Waals surface area contributed by atoms with Crippen LogP contribution in [0.3, 0.4) is 0 Å². The van der Waals surface area contributed by atoms with E-state index in [-0.39, 0.29) is 17.6 Å². The Morgan fingerprint density at radius 2 is 2.04 bits per heavy atom.